The van der Waals surface area contributed by atoms with Crippen molar-refractivity contribution in [3.8, 4) is 17.2 Å². The molecule has 1 aromatic heterocycles. The molecule has 0 atom stereocenters. The van der Waals surface area contributed by atoms with E-state index in [1.54, 1.807) is 0 Å². The van der Waals surface area contributed by atoms with Crippen LogP contribution in [0.25, 0.3) is 11.5 Å². The van der Waals surface area contributed by atoms with Crippen molar-refractivity contribution >= 4 is 15.7 Å². The molecule has 2 N–H and O–H groups in total. The first-order valence-corrected chi connectivity index (χ1v) is 8.83. The second kappa shape index (κ2) is 6.94. The monoisotopic (exact) mass is 375 g/mol. The predicted octanol–water partition coefficient (Wildman–Crippen LogP) is 2.48. The number of oxazole rings is 1. The third-order valence-electron chi connectivity index (χ3n) is 3.40. The Morgan fingerprint density at radius 2 is 1.92 bits per heavy atom. The molecule has 10 heteroatoms. The minimum absolute atomic E-state index is 0.0914. The summed E-state index contributed by atoms with van der Waals surface area (Å²) in [4.78, 5) is 14.3. The molecule has 0 radical (unpaired) electrons. The summed E-state index contributed by atoms with van der Waals surface area (Å²) in [6.07, 6.45) is 1.38. The minimum atomic E-state index is -4.06. The van der Waals surface area contributed by atoms with Gasteiger partial charge in [-0.3, -0.25) is 10.1 Å². The summed E-state index contributed by atoms with van der Waals surface area (Å²) < 4.78 is 33.4. The van der Waals surface area contributed by atoms with Crippen molar-refractivity contribution in [1.29, 1.82) is 0 Å². The number of nitrogens with two attached hydrogens (primary N) is 1. The van der Waals surface area contributed by atoms with Gasteiger partial charge in [-0.15, -0.1) is 0 Å². The molecule has 0 saturated carbocycles. The van der Waals surface area contributed by atoms with Crippen LogP contribution in [0.4, 0.5) is 5.69 Å². The summed E-state index contributed by atoms with van der Waals surface area (Å²) in [5.41, 5.74) is 0.694. The maximum Gasteiger partial charge on any atom is 0.312 e. The Kier molecular flexibility index (Phi) is 4.69. The normalized spacial score (nSPS) is 11.3. The van der Waals surface area contributed by atoms with E-state index in [0.717, 1.165) is 17.7 Å². The highest BCUT2D eigenvalue weighted by atomic mass is 32.2. The lowest BCUT2D eigenvalue weighted by molar-refractivity contribution is -0.386. The summed E-state index contributed by atoms with van der Waals surface area (Å²) in [5.74, 6) is 0.287. The number of benzene rings is 2. The molecule has 3 rings (SSSR count). The average molecular weight is 375 g/mol. The van der Waals surface area contributed by atoms with Gasteiger partial charge in [-0.05, 0) is 24.3 Å². The van der Waals surface area contributed by atoms with Crippen molar-refractivity contribution in [2.75, 3.05) is 0 Å². The third-order valence-corrected chi connectivity index (χ3v) is 4.31. The molecule has 2 aromatic carbocycles. The lowest BCUT2D eigenvalue weighted by Gasteiger charge is -2.06. The average Bonchev–Trinajstić information content (AvgIpc) is 3.08. The van der Waals surface area contributed by atoms with E-state index in [4.69, 9.17) is 14.3 Å². The number of sulfonamides is 1. The molecule has 3 aromatic rings. The highest BCUT2D eigenvalue weighted by Crippen LogP contribution is 2.30. The van der Waals surface area contributed by atoms with E-state index in [1.165, 1.54) is 12.3 Å². The van der Waals surface area contributed by atoms with Crippen LogP contribution in [0, 0.1) is 10.1 Å². The summed E-state index contributed by atoms with van der Waals surface area (Å²) in [7, 11) is -4.06. The number of primary sulfonamides is 1. The number of ether oxygens (including phenoxy) is 1. The van der Waals surface area contributed by atoms with Gasteiger partial charge >= 0.3 is 5.69 Å². The largest absolute Gasteiger partial charge is 0.480 e. The van der Waals surface area contributed by atoms with E-state index in [9.17, 15) is 18.5 Å². The fourth-order valence-electron chi connectivity index (χ4n) is 2.18. The summed E-state index contributed by atoms with van der Waals surface area (Å²) in [6, 6.07) is 12.4. The van der Waals surface area contributed by atoms with Gasteiger partial charge in [-0.25, -0.2) is 18.5 Å². The van der Waals surface area contributed by atoms with Gasteiger partial charge in [-0.2, -0.15) is 0 Å². The molecule has 26 heavy (non-hydrogen) atoms. The molecule has 0 aliphatic rings. The van der Waals surface area contributed by atoms with Gasteiger partial charge in [0, 0.05) is 11.6 Å². The van der Waals surface area contributed by atoms with Crippen molar-refractivity contribution in [2.24, 2.45) is 5.14 Å². The maximum absolute atomic E-state index is 11.3. The summed E-state index contributed by atoms with van der Waals surface area (Å²) in [5, 5.41) is 16.1. The number of nitro groups is 1. The van der Waals surface area contributed by atoms with Crippen LogP contribution in [0.15, 0.2) is 64.1 Å². The van der Waals surface area contributed by atoms with Crippen LogP contribution in [-0.2, 0) is 16.6 Å². The molecule has 9 nitrogen and oxygen atoms in total. The first-order valence-electron chi connectivity index (χ1n) is 7.28. The smallest absolute Gasteiger partial charge is 0.312 e. The van der Waals surface area contributed by atoms with E-state index in [-0.39, 0.29) is 17.3 Å². The molecule has 0 amide bonds. The Balaban J connectivity index is 1.80. The minimum Gasteiger partial charge on any atom is -0.480 e. The van der Waals surface area contributed by atoms with Crippen molar-refractivity contribution < 1.29 is 22.5 Å². The van der Waals surface area contributed by atoms with Crippen LogP contribution in [0.2, 0.25) is 0 Å². The van der Waals surface area contributed by atoms with Crippen LogP contribution in [0.3, 0.4) is 0 Å². The molecular formula is C16H13N3O6S. The fourth-order valence-corrected chi connectivity index (χ4v) is 2.71. The molecule has 0 spiro atoms. The van der Waals surface area contributed by atoms with Gasteiger partial charge in [0.05, 0.1) is 9.82 Å². The second-order valence-electron chi connectivity index (χ2n) is 5.23. The zero-order valence-corrected chi connectivity index (χ0v) is 14.0. The Bertz CT molecular complexity index is 1050. The summed E-state index contributed by atoms with van der Waals surface area (Å²) >= 11 is 0. The van der Waals surface area contributed by atoms with Crippen molar-refractivity contribution in [3.05, 3.63) is 70.6 Å². The van der Waals surface area contributed by atoms with Crippen LogP contribution in [0.5, 0.6) is 5.75 Å². The van der Waals surface area contributed by atoms with Gasteiger partial charge in [-0.1, -0.05) is 18.2 Å². The second-order valence-corrected chi connectivity index (χ2v) is 6.79. The molecule has 0 bridgehead atoms. The van der Waals surface area contributed by atoms with Gasteiger partial charge < -0.3 is 9.15 Å². The Hall–Kier alpha value is -3.24. The molecular weight excluding hydrogens is 362 g/mol. The van der Waals surface area contributed by atoms with Crippen LogP contribution in [-0.4, -0.2) is 18.3 Å². The number of hydrogen-bond donors (Lipinski definition) is 1. The van der Waals surface area contributed by atoms with Crippen molar-refractivity contribution in [2.45, 2.75) is 11.5 Å². The molecule has 0 saturated heterocycles. The first kappa shape index (κ1) is 17.6. The molecule has 134 valence electrons. The van der Waals surface area contributed by atoms with E-state index < -0.39 is 20.6 Å². The van der Waals surface area contributed by atoms with Crippen LogP contribution < -0.4 is 9.88 Å². The highest BCUT2D eigenvalue weighted by molar-refractivity contribution is 7.89. The topological polar surface area (TPSA) is 139 Å². The number of nitro benzene ring substituents is 1. The Labute approximate surface area is 148 Å². The highest BCUT2D eigenvalue weighted by Gasteiger charge is 2.20. The predicted molar refractivity (Wildman–Crippen MR) is 90.7 cm³/mol. The summed E-state index contributed by atoms with van der Waals surface area (Å²) in [6.45, 7) is -0.0914. The lowest BCUT2D eigenvalue weighted by Crippen LogP contribution is -2.12. The lowest BCUT2D eigenvalue weighted by atomic mass is 10.2. The molecule has 0 fully saturated rings. The molecule has 0 aliphatic carbocycles. The van der Waals surface area contributed by atoms with E-state index in [2.05, 4.69) is 4.98 Å². The number of aromatic nitrogens is 1. The van der Waals surface area contributed by atoms with E-state index in [1.807, 2.05) is 30.3 Å². The maximum atomic E-state index is 11.3. The number of rotatable bonds is 6. The molecule has 0 aliphatic heterocycles. The van der Waals surface area contributed by atoms with Gasteiger partial charge in [0.1, 0.15) is 18.6 Å². The molecule has 1 heterocycles. The van der Waals surface area contributed by atoms with E-state index >= 15 is 0 Å². The van der Waals surface area contributed by atoms with Crippen LogP contribution >= 0.6 is 0 Å². The fraction of sp³-hybridized carbons (Fsp3) is 0.0625. The SMILES string of the molecule is NS(=O)(=O)c1ccc(OCc2coc(-c3ccccc3)n2)c([N+](=O)[O-])c1. The standard InChI is InChI=1S/C16H13N3O6S/c17-26(22,23)13-6-7-15(14(8-13)19(20)21)24-9-12-10-25-16(18-12)11-4-2-1-3-5-11/h1-8,10H,9H2,(H2,17,22,23). The quantitative estimate of drug-likeness (QED) is 0.516. The third kappa shape index (κ3) is 3.87. The molecule has 0 unspecified atom stereocenters. The van der Waals surface area contributed by atoms with Gasteiger partial charge in [0.2, 0.25) is 15.9 Å². The Morgan fingerprint density at radius 1 is 1.19 bits per heavy atom. The zero-order chi connectivity index (χ0) is 18.7. The Morgan fingerprint density at radius 3 is 2.58 bits per heavy atom. The number of nitrogens with zero attached hydrogens (tertiary/aromatic N) is 2. The van der Waals surface area contributed by atoms with Gasteiger partial charge in [0.15, 0.2) is 5.75 Å². The van der Waals surface area contributed by atoms with Crippen molar-refractivity contribution in [1.82, 2.24) is 4.98 Å². The number of hydrogen-bond acceptors (Lipinski definition) is 7. The first-order chi connectivity index (χ1) is 12.3. The van der Waals surface area contributed by atoms with Crippen LogP contribution in [0.1, 0.15) is 5.69 Å². The van der Waals surface area contributed by atoms with E-state index in [0.29, 0.717) is 11.6 Å². The van der Waals surface area contributed by atoms with Gasteiger partial charge in [0.25, 0.3) is 0 Å². The zero-order valence-electron chi connectivity index (χ0n) is 13.2. The van der Waals surface area contributed by atoms with Crippen molar-refractivity contribution in [3.63, 3.8) is 0 Å².